The van der Waals surface area contributed by atoms with Crippen LogP contribution in [-0.2, 0) is 0 Å². The Labute approximate surface area is 599 Å². The van der Waals surface area contributed by atoms with E-state index in [0.29, 0.717) is 0 Å². The van der Waals surface area contributed by atoms with Gasteiger partial charge in [0.25, 0.3) is 0 Å². The number of aromatic nitrogens is 4. The molecule has 4 aromatic heterocycles. The molecule has 4 aromatic carbocycles. The minimum atomic E-state index is 1.06. The third kappa shape index (κ3) is 18.0. The summed E-state index contributed by atoms with van der Waals surface area (Å²) in [5, 5.41) is 4.28. The van der Waals surface area contributed by atoms with E-state index in [0.717, 1.165) is 171 Å². The van der Waals surface area contributed by atoms with E-state index in [4.69, 9.17) is 0 Å². The quantitative estimate of drug-likeness (QED) is 0.0310. The van der Waals surface area contributed by atoms with E-state index < -0.39 is 0 Å². The molecule has 5 aliphatic rings. The molecule has 100 heavy (non-hydrogen) atoms. The van der Waals surface area contributed by atoms with Crippen molar-refractivity contribution in [1.29, 1.82) is 0 Å². The number of rotatable bonds is 32. The Balaban J connectivity index is 0.878. The molecular formula is C88H120N12. The number of anilines is 4. The normalized spacial score (nSPS) is 17.0. The van der Waals surface area contributed by atoms with Gasteiger partial charge in [0.05, 0.1) is 0 Å². The number of H-pyrrole nitrogens is 4. The molecule has 532 valence electrons. The van der Waals surface area contributed by atoms with Crippen LogP contribution in [0.15, 0.2) is 146 Å². The van der Waals surface area contributed by atoms with Crippen LogP contribution in [0, 0.1) is 0 Å². The molecule has 0 saturated carbocycles. The predicted molar refractivity (Wildman–Crippen MR) is 424 cm³/mol. The van der Waals surface area contributed by atoms with Gasteiger partial charge < -0.3 is 39.5 Å². The summed E-state index contributed by atoms with van der Waals surface area (Å²) in [7, 11) is 0. The zero-order valence-electron chi connectivity index (χ0n) is 61.7. The second-order valence-corrected chi connectivity index (χ2v) is 29.8. The zero-order chi connectivity index (χ0) is 68.2. The first-order valence-corrected chi connectivity index (χ1v) is 40.0. The SMILES string of the molecule is CCCCCCCN1CCN(c2ccc(C3=c4ccc([nH]4)=C(c4ccc(N5CCN(CCCCCCC)CC5)cc4)c4ccc([nH]4)C(c4ccc(N5CCN(CCCCCCC)CC5)cc4)=c4ccc([nH]4)=C(c4ccc(N5CCN(CCCCCCC)CC5)cc4)c4ccc3[nH]4)cc2)CC1. The van der Waals surface area contributed by atoms with Crippen molar-refractivity contribution in [3.05, 3.63) is 212 Å². The topological polar surface area (TPSA) is 89.1 Å². The van der Waals surface area contributed by atoms with E-state index in [1.165, 1.54) is 200 Å². The Morgan fingerprint density at radius 3 is 0.610 bits per heavy atom. The second-order valence-electron chi connectivity index (χ2n) is 29.8. The fourth-order valence-corrected chi connectivity index (χ4v) is 16.6. The van der Waals surface area contributed by atoms with E-state index in [1.807, 2.05) is 0 Å². The van der Waals surface area contributed by atoms with Crippen molar-refractivity contribution in [2.75, 3.05) is 150 Å². The highest BCUT2D eigenvalue weighted by Crippen LogP contribution is 2.33. The lowest BCUT2D eigenvalue weighted by atomic mass is 10.0. The van der Waals surface area contributed by atoms with Crippen molar-refractivity contribution in [1.82, 2.24) is 39.5 Å². The lowest BCUT2D eigenvalue weighted by Crippen LogP contribution is -2.46. The van der Waals surface area contributed by atoms with E-state index in [-0.39, 0.29) is 0 Å². The molecule has 0 unspecified atom stereocenters. The summed E-state index contributed by atoms with van der Waals surface area (Å²) in [5.41, 5.74) is 18.7. The third-order valence-electron chi connectivity index (χ3n) is 22.8. The first-order chi connectivity index (χ1) is 49.4. The van der Waals surface area contributed by atoms with Gasteiger partial charge in [0.1, 0.15) is 0 Å². The van der Waals surface area contributed by atoms with Crippen molar-refractivity contribution < 1.29 is 0 Å². The summed E-state index contributed by atoms with van der Waals surface area (Å²) in [4.78, 5) is 37.6. The fraction of sp³-hybridized carbons (Fsp3) is 0.500. The lowest BCUT2D eigenvalue weighted by molar-refractivity contribution is 0.252. The van der Waals surface area contributed by atoms with Crippen molar-refractivity contribution in [2.45, 2.75) is 156 Å². The van der Waals surface area contributed by atoms with Crippen LogP contribution >= 0.6 is 0 Å². The number of nitrogens with zero attached hydrogens (tertiary/aromatic N) is 8. The average Bonchev–Trinajstić information content (AvgIpc) is 1.61. The van der Waals surface area contributed by atoms with Crippen LogP contribution in [0.3, 0.4) is 0 Å². The van der Waals surface area contributed by atoms with Crippen molar-refractivity contribution in [3.63, 3.8) is 0 Å². The first-order valence-electron chi connectivity index (χ1n) is 40.0. The van der Waals surface area contributed by atoms with E-state index in [9.17, 15) is 0 Å². The van der Waals surface area contributed by atoms with Crippen LogP contribution in [0.4, 0.5) is 22.7 Å². The van der Waals surface area contributed by atoms with Crippen molar-refractivity contribution in [2.24, 2.45) is 0 Å². The van der Waals surface area contributed by atoms with Gasteiger partial charge in [0, 0.05) is 194 Å². The molecule has 8 bridgehead atoms. The minimum Gasteiger partial charge on any atom is -0.369 e. The average molecular weight is 1350 g/mol. The molecule has 12 heteroatoms. The lowest BCUT2D eigenvalue weighted by Gasteiger charge is -2.36. The summed E-state index contributed by atoms with van der Waals surface area (Å²) in [6.07, 6.45) is 26.7. The number of piperazine rings is 4. The summed E-state index contributed by atoms with van der Waals surface area (Å²) < 4.78 is 0. The van der Waals surface area contributed by atoms with Crippen LogP contribution in [0.1, 0.15) is 201 Å². The first kappa shape index (κ1) is 70.9. The van der Waals surface area contributed by atoms with Gasteiger partial charge >= 0.3 is 0 Å². The molecule has 5 aliphatic heterocycles. The summed E-state index contributed by atoms with van der Waals surface area (Å²) in [6.45, 7) is 31.5. The smallest absolute Gasteiger partial charge is 0.0485 e. The van der Waals surface area contributed by atoms with Gasteiger partial charge in [-0.25, -0.2) is 0 Å². The zero-order valence-corrected chi connectivity index (χ0v) is 61.7. The van der Waals surface area contributed by atoms with E-state index >= 15 is 0 Å². The Morgan fingerprint density at radius 1 is 0.210 bits per heavy atom. The molecule has 12 nitrogen and oxygen atoms in total. The number of aromatic amines is 4. The van der Waals surface area contributed by atoms with Gasteiger partial charge in [0.2, 0.25) is 0 Å². The third-order valence-corrected chi connectivity index (χ3v) is 22.8. The van der Waals surface area contributed by atoms with Gasteiger partial charge in [-0.2, -0.15) is 0 Å². The highest BCUT2D eigenvalue weighted by Gasteiger charge is 2.25. The summed E-state index contributed by atoms with van der Waals surface area (Å²) >= 11 is 0. The molecule has 0 atom stereocenters. The van der Waals surface area contributed by atoms with Crippen LogP contribution in [0.5, 0.6) is 0 Å². The van der Waals surface area contributed by atoms with Gasteiger partial charge in [-0.3, -0.25) is 19.6 Å². The maximum absolute atomic E-state index is 4.13. The highest BCUT2D eigenvalue weighted by atomic mass is 15.3. The van der Waals surface area contributed by atoms with Gasteiger partial charge in [0.15, 0.2) is 0 Å². The number of benzene rings is 4. The molecular weight excluding hydrogens is 1230 g/mol. The maximum Gasteiger partial charge on any atom is 0.0485 e. The van der Waals surface area contributed by atoms with Crippen LogP contribution < -0.4 is 41.0 Å². The number of unbranched alkanes of at least 4 members (excludes halogenated alkanes) is 16. The van der Waals surface area contributed by atoms with Crippen LogP contribution in [0.2, 0.25) is 0 Å². The number of fused-ring (bicyclic) bond motifs is 8. The summed E-state index contributed by atoms with van der Waals surface area (Å²) in [6, 6.07) is 56.5. The maximum atomic E-state index is 4.13. The monoisotopic (exact) mass is 1340 g/mol. The predicted octanol–water partition coefficient (Wildman–Crippen LogP) is 14.7. The van der Waals surface area contributed by atoms with Crippen LogP contribution in [0.25, 0.3) is 22.3 Å². The Morgan fingerprint density at radius 2 is 0.410 bits per heavy atom. The second kappa shape index (κ2) is 35.9. The van der Waals surface area contributed by atoms with Crippen molar-refractivity contribution in [3.8, 4) is 0 Å². The largest absolute Gasteiger partial charge is 0.369 e. The molecule has 4 fully saturated rings. The summed E-state index contributed by atoms with van der Waals surface area (Å²) in [5.74, 6) is 0. The van der Waals surface area contributed by atoms with Gasteiger partial charge in [-0.1, -0.05) is 179 Å². The van der Waals surface area contributed by atoms with Gasteiger partial charge in [-0.15, -0.1) is 0 Å². The number of hydrogen-bond donors (Lipinski definition) is 4. The molecule has 4 N–H and O–H groups in total. The Kier molecular flexibility index (Phi) is 25.5. The molecule has 0 amide bonds. The molecule has 13 rings (SSSR count). The van der Waals surface area contributed by atoms with Crippen LogP contribution in [-0.4, -0.2) is 170 Å². The molecule has 0 radical (unpaired) electrons. The highest BCUT2D eigenvalue weighted by molar-refractivity contribution is 5.86. The molecule has 4 saturated heterocycles. The molecule has 0 spiro atoms. The molecule has 0 aliphatic carbocycles. The molecule has 8 aromatic rings. The minimum absolute atomic E-state index is 1.06. The Bertz CT molecular complexity index is 3510. The molecule has 9 heterocycles. The van der Waals surface area contributed by atoms with E-state index in [2.05, 4.69) is 232 Å². The van der Waals surface area contributed by atoms with Crippen molar-refractivity contribution >= 4 is 45.0 Å². The Hall–Kier alpha value is -7.48. The van der Waals surface area contributed by atoms with E-state index in [1.54, 1.807) is 0 Å². The van der Waals surface area contributed by atoms with Gasteiger partial charge in [-0.05, 0) is 171 Å². The number of nitrogens with one attached hydrogen (secondary N) is 4. The number of hydrogen-bond acceptors (Lipinski definition) is 8. The standard InChI is InChI=1S/C88H120N12/c1-5-9-13-17-21-49-93-53-61-97(62-54-93)73-33-25-69(26-34-73)85-77-41-43-79(89-77)86(70-27-35-74(36-28-70)98-63-55-94(56-64-98)50-22-18-14-10-6-2)81-45-47-83(91-81)88(72-31-39-76(40-32-72)100-67-59-96(60-68-100)52-24-20-16-12-8-4)84-48-46-82(92-84)87(80-44-42-78(85)90-80)71-29-37-75(38-30-71)99-65-57-95(58-66-99)51-23-19-15-11-7-3/h25-48,89-92H,5-24,49-68H2,1-4H3. The fourth-order valence-electron chi connectivity index (χ4n) is 16.6.